The molecule has 0 radical (unpaired) electrons. The van der Waals surface area contributed by atoms with Crippen LogP contribution in [0.5, 0.6) is 5.75 Å². The van der Waals surface area contributed by atoms with Crippen LogP contribution in [-0.2, 0) is 13.0 Å². The summed E-state index contributed by atoms with van der Waals surface area (Å²) in [6.45, 7) is 4.58. The minimum absolute atomic E-state index is 0.00269. The number of hydrogen-bond acceptors (Lipinski definition) is 6. The van der Waals surface area contributed by atoms with E-state index in [1.54, 1.807) is 4.57 Å². The van der Waals surface area contributed by atoms with Gasteiger partial charge >= 0.3 is 0 Å². The van der Waals surface area contributed by atoms with Gasteiger partial charge in [-0.25, -0.2) is 10.1 Å². The first kappa shape index (κ1) is 23.4. The van der Waals surface area contributed by atoms with Gasteiger partial charge in [-0.2, -0.15) is 0 Å². The molecule has 8 nitrogen and oxygen atoms in total. The highest BCUT2D eigenvalue weighted by molar-refractivity contribution is 5.78. The number of unbranched alkanes of at least 4 members (excludes halogenated alkanes) is 1. The summed E-state index contributed by atoms with van der Waals surface area (Å²) in [5, 5.41) is 14.9. The Morgan fingerprint density at radius 2 is 1.83 bits per heavy atom. The highest BCUT2D eigenvalue weighted by Gasteiger charge is 2.20. The maximum absolute atomic E-state index is 13.4. The van der Waals surface area contributed by atoms with Gasteiger partial charge in [0.1, 0.15) is 11.6 Å². The first-order valence-corrected chi connectivity index (χ1v) is 12.2. The van der Waals surface area contributed by atoms with Crippen molar-refractivity contribution < 1.29 is 4.74 Å². The average molecular weight is 481 g/mol. The minimum Gasteiger partial charge on any atom is -0.478 e. The van der Waals surface area contributed by atoms with Crippen LogP contribution in [0.25, 0.3) is 10.9 Å². The molecule has 0 spiro atoms. The Morgan fingerprint density at radius 1 is 1.03 bits per heavy atom. The molecule has 0 aliphatic rings. The van der Waals surface area contributed by atoms with Crippen molar-refractivity contribution >= 4 is 10.9 Å². The quantitative estimate of drug-likeness (QED) is 0.326. The van der Waals surface area contributed by atoms with E-state index in [1.165, 1.54) is 0 Å². The molecular weight excluding hydrogens is 452 g/mol. The summed E-state index contributed by atoms with van der Waals surface area (Å²) in [5.41, 5.74) is 3.73. The van der Waals surface area contributed by atoms with Crippen LogP contribution >= 0.6 is 0 Å². The van der Waals surface area contributed by atoms with Crippen LogP contribution < -0.4 is 10.3 Å². The lowest BCUT2D eigenvalue weighted by molar-refractivity contribution is 0.237. The molecule has 0 amide bonds. The Hall–Kier alpha value is -4.33. The smallest absolute Gasteiger partial charge is 0.261 e. The largest absolute Gasteiger partial charge is 0.478 e. The van der Waals surface area contributed by atoms with Crippen molar-refractivity contribution in [2.45, 2.75) is 45.8 Å². The first-order valence-electron chi connectivity index (χ1n) is 12.2. The van der Waals surface area contributed by atoms with E-state index >= 15 is 0 Å². The molecule has 5 rings (SSSR count). The van der Waals surface area contributed by atoms with Crippen LogP contribution in [-0.4, -0.2) is 30.2 Å². The lowest BCUT2D eigenvalue weighted by atomic mass is 10.1. The van der Waals surface area contributed by atoms with Gasteiger partial charge in [-0.15, -0.1) is 5.10 Å². The summed E-state index contributed by atoms with van der Waals surface area (Å²) >= 11 is 0. The van der Waals surface area contributed by atoms with Crippen molar-refractivity contribution in [1.82, 2.24) is 30.2 Å². The van der Waals surface area contributed by atoms with Gasteiger partial charge in [-0.3, -0.25) is 9.36 Å². The Labute approximate surface area is 209 Å². The fraction of sp³-hybridized carbons (Fsp3) is 0.250. The van der Waals surface area contributed by atoms with E-state index in [2.05, 4.69) is 27.5 Å². The lowest BCUT2D eigenvalue weighted by Crippen LogP contribution is -2.26. The zero-order valence-corrected chi connectivity index (χ0v) is 20.4. The molecular formula is C28H28N6O2. The van der Waals surface area contributed by atoms with Gasteiger partial charge in [0.05, 0.1) is 17.4 Å². The second kappa shape index (κ2) is 10.5. The summed E-state index contributed by atoms with van der Waals surface area (Å²) in [5.74, 6) is 2.02. The average Bonchev–Trinajstić information content (AvgIpc) is 3.44. The molecule has 0 aliphatic carbocycles. The van der Waals surface area contributed by atoms with E-state index in [9.17, 15) is 4.79 Å². The van der Waals surface area contributed by atoms with Crippen molar-refractivity contribution in [3.8, 4) is 5.75 Å². The molecule has 0 bridgehead atoms. The third-order valence-corrected chi connectivity index (χ3v) is 6.17. The van der Waals surface area contributed by atoms with Crippen LogP contribution in [0.3, 0.4) is 0 Å². The minimum atomic E-state index is -0.469. The van der Waals surface area contributed by atoms with E-state index in [0.29, 0.717) is 23.5 Å². The maximum Gasteiger partial charge on any atom is 0.261 e. The van der Waals surface area contributed by atoms with Crippen LogP contribution in [0.4, 0.5) is 0 Å². The van der Waals surface area contributed by atoms with E-state index in [4.69, 9.17) is 9.72 Å². The van der Waals surface area contributed by atoms with Crippen molar-refractivity contribution in [2.75, 3.05) is 0 Å². The fourth-order valence-corrected chi connectivity index (χ4v) is 4.25. The zero-order chi connectivity index (χ0) is 24.9. The number of H-pyrrole nitrogens is 1. The predicted molar refractivity (Wildman–Crippen MR) is 138 cm³/mol. The number of aromatic amines is 1. The zero-order valence-electron chi connectivity index (χ0n) is 20.4. The number of tetrazole rings is 1. The SMILES string of the molecule is CCCCc1nc2ccc(C)cc2c(=O)n1Cc1ccc(OC(c2ccccc2)c2nnn[nH]2)cc1. The Bertz CT molecular complexity index is 1500. The van der Waals surface area contributed by atoms with Gasteiger partial charge in [-0.1, -0.05) is 67.4 Å². The summed E-state index contributed by atoms with van der Waals surface area (Å²) in [7, 11) is 0. The van der Waals surface area contributed by atoms with Gasteiger partial charge in [0.25, 0.3) is 5.56 Å². The second-order valence-electron chi connectivity index (χ2n) is 8.88. The Balaban J connectivity index is 1.43. The molecule has 0 saturated carbocycles. The number of benzene rings is 3. The molecule has 1 atom stereocenters. The molecule has 2 heterocycles. The Kier molecular flexibility index (Phi) is 6.84. The molecule has 3 aromatic carbocycles. The Morgan fingerprint density at radius 3 is 2.56 bits per heavy atom. The summed E-state index contributed by atoms with van der Waals surface area (Å²) in [6.07, 6.45) is 2.31. The monoisotopic (exact) mass is 480 g/mol. The molecule has 0 aliphatic heterocycles. The summed E-state index contributed by atoms with van der Waals surface area (Å²) in [6, 6.07) is 23.4. The van der Waals surface area contributed by atoms with Crippen molar-refractivity contribution in [2.24, 2.45) is 0 Å². The number of fused-ring (bicyclic) bond motifs is 1. The molecule has 36 heavy (non-hydrogen) atoms. The number of nitrogens with one attached hydrogen (secondary N) is 1. The van der Waals surface area contributed by atoms with Crippen LogP contribution in [0.2, 0.25) is 0 Å². The van der Waals surface area contributed by atoms with Crippen molar-refractivity contribution in [3.63, 3.8) is 0 Å². The number of nitrogens with zero attached hydrogens (tertiary/aromatic N) is 5. The number of ether oxygens (including phenoxy) is 1. The number of aryl methyl sites for hydroxylation is 2. The van der Waals surface area contributed by atoms with Gasteiger partial charge in [0, 0.05) is 12.0 Å². The maximum atomic E-state index is 13.4. The fourth-order valence-electron chi connectivity index (χ4n) is 4.25. The molecule has 1 N–H and O–H groups in total. The van der Waals surface area contributed by atoms with Gasteiger partial charge in [0.15, 0.2) is 11.9 Å². The van der Waals surface area contributed by atoms with Crippen LogP contribution in [0.15, 0.2) is 77.6 Å². The van der Waals surface area contributed by atoms with Gasteiger partial charge in [0.2, 0.25) is 0 Å². The molecule has 1 unspecified atom stereocenters. The van der Waals surface area contributed by atoms with E-state index in [0.717, 1.165) is 47.3 Å². The van der Waals surface area contributed by atoms with Crippen molar-refractivity contribution in [1.29, 1.82) is 0 Å². The van der Waals surface area contributed by atoms with E-state index in [-0.39, 0.29) is 5.56 Å². The standard InChI is InChI=1S/C28H28N6O2/c1-3-4-10-25-29-24-16-11-19(2)17-23(24)28(35)34(25)18-20-12-14-22(15-13-20)36-26(27-30-32-33-31-27)21-8-6-5-7-9-21/h5-9,11-17,26H,3-4,10,18H2,1-2H3,(H,30,31,32,33). The van der Waals surface area contributed by atoms with Crippen LogP contribution in [0.1, 0.15) is 54.2 Å². The van der Waals surface area contributed by atoms with E-state index < -0.39 is 6.10 Å². The third kappa shape index (κ3) is 5.02. The number of rotatable bonds is 9. The van der Waals surface area contributed by atoms with E-state index in [1.807, 2.05) is 79.7 Å². The predicted octanol–water partition coefficient (Wildman–Crippen LogP) is 4.78. The third-order valence-electron chi connectivity index (χ3n) is 6.17. The molecule has 8 heteroatoms. The highest BCUT2D eigenvalue weighted by atomic mass is 16.5. The van der Waals surface area contributed by atoms with Crippen molar-refractivity contribution in [3.05, 3.63) is 111 Å². The molecule has 0 saturated heterocycles. The van der Waals surface area contributed by atoms with Gasteiger partial charge < -0.3 is 4.74 Å². The normalized spacial score (nSPS) is 12.1. The highest BCUT2D eigenvalue weighted by Crippen LogP contribution is 2.26. The molecule has 5 aromatic rings. The topological polar surface area (TPSA) is 98.6 Å². The molecule has 182 valence electrons. The lowest BCUT2D eigenvalue weighted by Gasteiger charge is -2.17. The van der Waals surface area contributed by atoms with Crippen LogP contribution in [0, 0.1) is 6.92 Å². The first-order chi connectivity index (χ1) is 17.6. The summed E-state index contributed by atoms with van der Waals surface area (Å²) < 4.78 is 8.07. The second-order valence-corrected chi connectivity index (χ2v) is 8.88. The summed E-state index contributed by atoms with van der Waals surface area (Å²) in [4.78, 5) is 18.3. The molecule has 0 fully saturated rings. The number of hydrogen-bond donors (Lipinski definition) is 1. The number of aromatic nitrogens is 6. The van der Waals surface area contributed by atoms with Gasteiger partial charge in [-0.05, 0) is 53.6 Å². The molecule has 2 aromatic heterocycles.